The Hall–Kier alpha value is -4.98. The van der Waals surface area contributed by atoms with Crippen LogP contribution in [0.1, 0.15) is 31.8 Å². The zero-order valence-electron chi connectivity index (χ0n) is 21.4. The molecule has 4 aromatic rings. The number of nitrogen functional groups attached to an aromatic ring is 1. The molecule has 4 aromatic carbocycles. The standard InChI is InChI=1S/C30H29N3O5/c1-36-22-14-12-20(13-15-22)29(34)23-16-27(37-2)28(38-3)17-26(23)32-18-19-8-10-21(11-9-19)30(35)33-25-7-5-4-6-24(25)31/h4-17,32H,18,31H2,1-3H3,(H,33,35). The molecule has 8 heteroatoms. The van der Waals surface area contributed by atoms with Crippen LogP contribution in [0.25, 0.3) is 0 Å². The number of amides is 1. The summed E-state index contributed by atoms with van der Waals surface area (Å²) in [6.07, 6.45) is 0. The van der Waals surface area contributed by atoms with Gasteiger partial charge in [0.25, 0.3) is 5.91 Å². The van der Waals surface area contributed by atoms with Gasteiger partial charge in [-0.25, -0.2) is 0 Å². The molecule has 0 aliphatic heterocycles. The fourth-order valence-corrected chi connectivity index (χ4v) is 3.89. The van der Waals surface area contributed by atoms with E-state index in [1.165, 1.54) is 7.11 Å². The Morgan fingerprint density at radius 3 is 2.00 bits per heavy atom. The lowest BCUT2D eigenvalue weighted by Crippen LogP contribution is -2.13. The summed E-state index contributed by atoms with van der Waals surface area (Å²) in [6, 6.07) is 24.6. The van der Waals surface area contributed by atoms with Gasteiger partial charge in [-0.15, -0.1) is 0 Å². The van der Waals surface area contributed by atoms with Crippen molar-refractivity contribution in [1.29, 1.82) is 0 Å². The van der Waals surface area contributed by atoms with Gasteiger partial charge in [-0.1, -0.05) is 24.3 Å². The first-order valence-electron chi connectivity index (χ1n) is 11.9. The molecule has 0 unspecified atom stereocenters. The van der Waals surface area contributed by atoms with Gasteiger partial charge < -0.3 is 30.6 Å². The van der Waals surface area contributed by atoms with Crippen LogP contribution in [-0.4, -0.2) is 33.0 Å². The van der Waals surface area contributed by atoms with Gasteiger partial charge in [-0.2, -0.15) is 0 Å². The SMILES string of the molecule is COc1ccc(C(=O)c2cc(OC)c(OC)cc2NCc2ccc(C(=O)Nc3ccccc3N)cc2)cc1. The molecule has 0 spiro atoms. The minimum atomic E-state index is -0.255. The van der Waals surface area contributed by atoms with Crippen LogP contribution in [0.15, 0.2) is 84.9 Å². The number of nitrogens with one attached hydrogen (secondary N) is 2. The number of carbonyl (C=O) groups excluding carboxylic acids is 2. The third kappa shape index (κ3) is 5.87. The highest BCUT2D eigenvalue weighted by molar-refractivity contribution is 6.13. The summed E-state index contributed by atoms with van der Waals surface area (Å²) >= 11 is 0. The number of methoxy groups -OCH3 is 3. The first kappa shape index (κ1) is 26.1. The number of hydrogen-bond acceptors (Lipinski definition) is 7. The molecule has 8 nitrogen and oxygen atoms in total. The first-order valence-corrected chi connectivity index (χ1v) is 11.9. The van der Waals surface area contributed by atoms with E-state index in [9.17, 15) is 9.59 Å². The number of anilines is 3. The second kappa shape index (κ2) is 11.8. The van der Waals surface area contributed by atoms with E-state index in [0.717, 1.165) is 5.56 Å². The van der Waals surface area contributed by atoms with Crippen molar-refractivity contribution in [3.8, 4) is 17.2 Å². The Morgan fingerprint density at radius 2 is 1.37 bits per heavy atom. The van der Waals surface area contributed by atoms with Crippen LogP contribution in [0.2, 0.25) is 0 Å². The summed E-state index contributed by atoms with van der Waals surface area (Å²) in [4.78, 5) is 26.0. The number of carbonyl (C=O) groups is 2. The number of ketones is 1. The predicted molar refractivity (Wildman–Crippen MR) is 149 cm³/mol. The predicted octanol–water partition coefficient (Wildman–Crippen LogP) is 5.39. The molecular weight excluding hydrogens is 482 g/mol. The average Bonchev–Trinajstić information content (AvgIpc) is 2.96. The first-order chi connectivity index (χ1) is 18.4. The summed E-state index contributed by atoms with van der Waals surface area (Å²) in [5.74, 6) is 1.17. The van der Waals surface area contributed by atoms with Crippen molar-refractivity contribution in [3.63, 3.8) is 0 Å². The van der Waals surface area contributed by atoms with Crippen LogP contribution in [0.3, 0.4) is 0 Å². The van der Waals surface area contributed by atoms with Crippen molar-refractivity contribution >= 4 is 28.8 Å². The maximum Gasteiger partial charge on any atom is 0.255 e. The average molecular weight is 512 g/mol. The molecule has 0 saturated carbocycles. The second-order valence-electron chi connectivity index (χ2n) is 8.40. The van der Waals surface area contributed by atoms with Crippen molar-refractivity contribution < 1.29 is 23.8 Å². The molecule has 38 heavy (non-hydrogen) atoms. The van der Waals surface area contributed by atoms with E-state index >= 15 is 0 Å². The van der Waals surface area contributed by atoms with E-state index in [2.05, 4.69) is 10.6 Å². The third-order valence-electron chi connectivity index (χ3n) is 6.03. The van der Waals surface area contributed by atoms with Crippen molar-refractivity contribution in [2.24, 2.45) is 0 Å². The van der Waals surface area contributed by atoms with Crippen LogP contribution in [0, 0.1) is 0 Å². The Balaban J connectivity index is 1.53. The Labute approximate surface area is 221 Å². The quantitative estimate of drug-likeness (QED) is 0.193. The molecule has 0 atom stereocenters. The van der Waals surface area contributed by atoms with Gasteiger partial charge in [-0.3, -0.25) is 9.59 Å². The summed E-state index contributed by atoms with van der Waals surface area (Å²) < 4.78 is 16.1. The molecule has 1 amide bonds. The molecule has 0 saturated heterocycles. The highest BCUT2D eigenvalue weighted by atomic mass is 16.5. The number of nitrogens with two attached hydrogens (primary N) is 1. The smallest absolute Gasteiger partial charge is 0.255 e. The van der Waals surface area contributed by atoms with Gasteiger partial charge in [0.15, 0.2) is 17.3 Å². The summed E-state index contributed by atoms with van der Waals surface area (Å²) in [5, 5.41) is 6.15. The van der Waals surface area contributed by atoms with E-state index in [4.69, 9.17) is 19.9 Å². The molecular formula is C30H29N3O5. The fourth-order valence-electron chi connectivity index (χ4n) is 3.89. The van der Waals surface area contributed by atoms with E-state index in [-0.39, 0.29) is 11.7 Å². The number of hydrogen-bond donors (Lipinski definition) is 3. The van der Waals surface area contributed by atoms with Gasteiger partial charge >= 0.3 is 0 Å². The number of benzene rings is 4. The highest BCUT2D eigenvalue weighted by Crippen LogP contribution is 2.35. The lowest BCUT2D eigenvalue weighted by Gasteiger charge is -2.16. The molecule has 0 aromatic heterocycles. The molecule has 4 N–H and O–H groups in total. The molecule has 0 bridgehead atoms. The Kier molecular flexibility index (Phi) is 8.13. The normalized spacial score (nSPS) is 10.4. The van der Waals surface area contributed by atoms with Crippen molar-refractivity contribution in [2.75, 3.05) is 37.7 Å². The zero-order valence-corrected chi connectivity index (χ0v) is 21.4. The van der Waals surface area contributed by atoms with Crippen LogP contribution < -0.4 is 30.6 Å². The van der Waals surface area contributed by atoms with E-state index < -0.39 is 0 Å². The number of ether oxygens (including phenoxy) is 3. The van der Waals surface area contributed by atoms with Crippen LogP contribution in [-0.2, 0) is 6.54 Å². The molecule has 0 aliphatic rings. The molecule has 194 valence electrons. The summed E-state index contributed by atoms with van der Waals surface area (Å²) in [5.41, 5.74) is 9.92. The van der Waals surface area contributed by atoms with Gasteiger partial charge in [0.05, 0.1) is 32.7 Å². The topological polar surface area (TPSA) is 112 Å². The van der Waals surface area contributed by atoms with Gasteiger partial charge in [-0.05, 0) is 60.2 Å². The maximum atomic E-state index is 13.4. The van der Waals surface area contributed by atoms with Crippen LogP contribution in [0.5, 0.6) is 17.2 Å². The Morgan fingerprint density at radius 1 is 0.737 bits per heavy atom. The van der Waals surface area contributed by atoms with Crippen molar-refractivity contribution in [3.05, 3.63) is 107 Å². The lowest BCUT2D eigenvalue weighted by molar-refractivity contribution is 0.102. The van der Waals surface area contributed by atoms with Crippen molar-refractivity contribution in [2.45, 2.75) is 6.54 Å². The van der Waals surface area contributed by atoms with Crippen LogP contribution in [0.4, 0.5) is 17.1 Å². The largest absolute Gasteiger partial charge is 0.497 e. The van der Waals surface area contributed by atoms with Gasteiger partial charge in [0.1, 0.15) is 5.75 Å². The Bertz CT molecular complexity index is 1430. The van der Waals surface area contributed by atoms with E-state index in [0.29, 0.717) is 57.5 Å². The molecule has 0 aliphatic carbocycles. The molecule has 4 rings (SSSR count). The van der Waals surface area contributed by atoms with Gasteiger partial charge in [0.2, 0.25) is 0 Å². The maximum absolute atomic E-state index is 13.4. The monoisotopic (exact) mass is 511 g/mol. The van der Waals surface area contributed by atoms with Crippen molar-refractivity contribution in [1.82, 2.24) is 0 Å². The number of para-hydroxylation sites is 2. The summed E-state index contributed by atoms with van der Waals surface area (Å²) in [6.45, 7) is 0.409. The molecule has 0 radical (unpaired) electrons. The van der Waals surface area contributed by atoms with Crippen LogP contribution >= 0.6 is 0 Å². The molecule has 0 heterocycles. The van der Waals surface area contributed by atoms with E-state index in [1.54, 1.807) is 80.9 Å². The number of rotatable bonds is 10. The minimum absolute atomic E-state index is 0.177. The lowest BCUT2D eigenvalue weighted by atomic mass is 10.0. The minimum Gasteiger partial charge on any atom is -0.497 e. The zero-order chi connectivity index (χ0) is 27.1. The van der Waals surface area contributed by atoms with E-state index in [1.807, 2.05) is 18.2 Å². The fraction of sp³-hybridized carbons (Fsp3) is 0.133. The molecule has 0 fully saturated rings. The summed E-state index contributed by atoms with van der Waals surface area (Å²) in [7, 11) is 4.64. The van der Waals surface area contributed by atoms with Gasteiger partial charge in [0, 0.05) is 35.0 Å². The second-order valence-corrected chi connectivity index (χ2v) is 8.40. The third-order valence-corrected chi connectivity index (χ3v) is 6.03. The highest BCUT2D eigenvalue weighted by Gasteiger charge is 2.19.